The number of aryl methyl sites for hydroxylation is 1. The third kappa shape index (κ3) is 4.30. The van der Waals surface area contributed by atoms with E-state index in [1.165, 1.54) is 17.3 Å². The highest BCUT2D eigenvalue weighted by atomic mass is 35.5. The van der Waals surface area contributed by atoms with E-state index in [0.29, 0.717) is 17.1 Å². The van der Waals surface area contributed by atoms with Crippen molar-refractivity contribution in [1.29, 1.82) is 0 Å². The second-order valence-corrected chi connectivity index (χ2v) is 7.48. The number of nitrogens with zero attached hydrogens (tertiary/aromatic N) is 3. The van der Waals surface area contributed by atoms with Crippen molar-refractivity contribution in [2.75, 3.05) is 0 Å². The predicted octanol–water partition coefficient (Wildman–Crippen LogP) is 4.65. The summed E-state index contributed by atoms with van der Waals surface area (Å²) in [7, 11) is 0. The van der Waals surface area contributed by atoms with Gasteiger partial charge in [0.15, 0.2) is 10.9 Å². The quantitative estimate of drug-likeness (QED) is 0.467. The second kappa shape index (κ2) is 7.85. The SMILES string of the molecule is Cc1nnc(SC(C)C(=O)c2cccc(Cl)c2)n1Cc1ccccc1. The van der Waals surface area contributed by atoms with Gasteiger partial charge in [-0.2, -0.15) is 0 Å². The van der Waals surface area contributed by atoms with Gasteiger partial charge in [-0.25, -0.2) is 0 Å². The van der Waals surface area contributed by atoms with E-state index in [1.54, 1.807) is 24.3 Å². The lowest BCUT2D eigenvalue weighted by atomic mass is 10.1. The summed E-state index contributed by atoms with van der Waals surface area (Å²) in [5.74, 6) is 0.855. The van der Waals surface area contributed by atoms with Crippen LogP contribution in [0.2, 0.25) is 5.02 Å². The molecule has 0 aliphatic carbocycles. The van der Waals surface area contributed by atoms with E-state index in [0.717, 1.165) is 11.0 Å². The van der Waals surface area contributed by atoms with Crippen molar-refractivity contribution in [2.24, 2.45) is 0 Å². The van der Waals surface area contributed by atoms with Crippen LogP contribution in [-0.2, 0) is 6.54 Å². The largest absolute Gasteiger partial charge is 0.302 e. The Morgan fingerprint density at radius 3 is 2.64 bits per heavy atom. The Bertz CT molecular complexity index is 879. The van der Waals surface area contributed by atoms with Gasteiger partial charge in [0, 0.05) is 10.6 Å². The van der Waals surface area contributed by atoms with Gasteiger partial charge in [-0.15, -0.1) is 10.2 Å². The van der Waals surface area contributed by atoms with Crippen LogP contribution in [-0.4, -0.2) is 25.8 Å². The van der Waals surface area contributed by atoms with Gasteiger partial charge in [-0.1, -0.05) is 65.8 Å². The lowest BCUT2D eigenvalue weighted by Crippen LogP contribution is -2.15. The number of hydrogen-bond donors (Lipinski definition) is 0. The molecule has 1 aromatic heterocycles. The zero-order valence-electron chi connectivity index (χ0n) is 14.0. The highest BCUT2D eigenvalue weighted by molar-refractivity contribution is 8.00. The third-order valence-electron chi connectivity index (χ3n) is 3.85. The molecule has 25 heavy (non-hydrogen) atoms. The number of thioether (sulfide) groups is 1. The average molecular weight is 372 g/mol. The maximum Gasteiger partial charge on any atom is 0.192 e. The molecule has 0 spiro atoms. The Morgan fingerprint density at radius 2 is 1.92 bits per heavy atom. The molecule has 0 aliphatic rings. The highest BCUT2D eigenvalue weighted by Crippen LogP contribution is 2.26. The number of carbonyl (C=O) groups excluding carboxylic acids is 1. The van der Waals surface area contributed by atoms with Gasteiger partial charge < -0.3 is 4.57 Å². The van der Waals surface area contributed by atoms with Crippen molar-refractivity contribution in [3.05, 3.63) is 76.6 Å². The van der Waals surface area contributed by atoms with Crippen molar-refractivity contribution in [3.63, 3.8) is 0 Å². The van der Waals surface area contributed by atoms with E-state index in [2.05, 4.69) is 22.3 Å². The number of carbonyl (C=O) groups is 1. The molecule has 0 radical (unpaired) electrons. The molecule has 0 aliphatic heterocycles. The molecule has 1 atom stereocenters. The van der Waals surface area contributed by atoms with Crippen molar-refractivity contribution < 1.29 is 4.79 Å². The molecule has 0 bridgehead atoms. The molecule has 0 amide bonds. The van der Waals surface area contributed by atoms with Gasteiger partial charge in [-0.05, 0) is 31.5 Å². The number of rotatable bonds is 6. The predicted molar refractivity (Wildman–Crippen MR) is 101 cm³/mol. The van der Waals surface area contributed by atoms with Crippen molar-refractivity contribution in [3.8, 4) is 0 Å². The highest BCUT2D eigenvalue weighted by Gasteiger charge is 2.20. The van der Waals surface area contributed by atoms with Crippen LogP contribution < -0.4 is 0 Å². The maximum atomic E-state index is 12.6. The molecule has 1 heterocycles. The zero-order chi connectivity index (χ0) is 17.8. The van der Waals surface area contributed by atoms with Crippen LogP contribution in [0.1, 0.15) is 28.7 Å². The third-order valence-corrected chi connectivity index (χ3v) is 5.16. The monoisotopic (exact) mass is 371 g/mol. The standard InChI is InChI=1S/C19H18ClN3OS/c1-13(18(24)16-9-6-10-17(20)11-16)25-19-22-21-14(2)23(19)12-15-7-4-3-5-8-15/h3-11,13H,12H2,1-2H3. The number of benzene rings is 2. The zero-order valence-corrected chi connectivity index (χ0v) is 15.6. The smallest absolute Gasteiger partial charge is 0.192 e. The van der Waals surface area contributed by atoms with Crippen LogP contribution >= 0.6 is 23.4 Å². The molecule has 6 heteroatoms. The summed E-state index contributed by atoms with van der Waals surface area (Å²) in [6, 6.07) is 17.2. The van der Waals surface area contributed by atoms with E-state index in [1.807, 2.05) is 36.6 Å². The van der Waals surface area contributed by atoms with Gasteiger partial charge in [0.05, 0.1) is 11.8 Å². The fraction of sp³-hybridized carbons (Fsp3) is 0.211. The number of Topliss-reactive ketones (excluding diaryl/α,β-unsaturated/α-hetero) is 1. The van der Waals surface area contributed by atoms with Crippen LogP contribution in [0.3, 0.4) is 0 Å². The first-order valence-electron chi connectivity index (χ1n) is 7.95. The van der Waals surface area contributed by atoms with Crippen LogP contribution in [0.25, 0.3) is 0 Å². The minimum atomic E-state index is -0.281. The van der Waals surface area contributed by atoms with E-state index in [-0.39, 0.29) is 11.0 Å². The second-order valence-electron chi connectivity index (χ2n) is 5.74. The van der Waals surface area contributed by atoms with Crippen LogP contribution in [0.4, 0.5) is 0 Å². The van der Waals surface area contributed by atoms with Crippen LogP contribution in [0.15, 0.2) is 59.8 Å². The Balaban J connectivity index is 1.78. The topological polar surface area (TPSA) is 47.8 Å². The van der Waals surface area contributed by atoms with Gasteiger partial charge in [-0.3, -0.25) is 4.79 Å². The van der Waals surface area contributed by atoms with Gasteiger partial charge in [0.2, 0.25) is 0 Å². The molecule has 3 aromatic rings. The Hall–Kier alpha value is -2.11. The molecule has 0 saturated heterocycles. The molecule has 0 fully saturated rings. The number of halogens is 1. The van der Waals surface area contributed by atoms with Crippen molar-refractivity contribution in [1.82, 2.24) is 14.8 Å². The fourth-order valence-electron chi connectivity index (χ4n) is 2.48. The summed E-state index contributed by atoms with van der Waals surface area (Å²) in [5, 5.41) is 9.44. The molecular weight excluding hydrogens is 354 g/mol. The maximum absolute atomic E-state index is 12.6. The first-order chi connectivity index (χ1) is 12.0. The number of hydrogen-bond acceptors (Lipinski definition) is 4. The molecule has 3 rings (SSSR count). The molecule has 1 unspecified atom stereocenters. The minimum absolute atomic E-state index is 0.0272. The van der Waals surface area contributed by atoms with Crippen molar-refractivity contribution >= 4 is 29.1 Å². The first-order valence-corrected chi connectivity index (χ1v) is 9.20. The van der Waals surface area contributed by atoms with Crippen molar-refractivity contribution in [2.45, 2.75) is 30.8 Å². The normalized spacial score (nSPS) is 12.1. The Kier molecular flexibility index (Phi) is 5.56. The Labute approximate surface area is 156 Å². The summed E-state index contributed by atoms with van der Waals surface area (Å²) in [4.78, 5) is 12.6. The van der Waals surface area contributed by atoms with Crippen LogP contribution in [0.5, 0.6) is 0 Å². The van der Waals surface area contributed by atoms with Gasteiger partial charge in [0.1, 0.15) is 5.82 Å². The average Bonchev–Trinajstić information content (AvgIpc) is 2.95. The first kappa shape index (κ1) is 17.7. The molecule has 0 N–H and O–H groups in total. The van der Waals surface area contributed by atoms with E-state index in [9.17, 15) is 4.79 Å². The molecule has 0 saturated carbocycles. The molecule has 4 nitrogen and oxygen atoms in total. The van der Waals surface area contributed by atoms with Crippen LogP contribution in [0, 0.1) is 6.92 Å². The van der Waals surface area contributed by atoms with Gasteiger partial charge in [0.25, 0.3) is 0 Å². The number of aromatic nitrogens is 3. The van der Waals surface area contributed by atoms with E-state index < -0.39 is 0 Å². The summed E-state index contributed by atoms with van der Waals surface area (Å²) in [6.07, 6.45) is 0. The fourth-order valence-corrected chi connectivity index (χ4v) is 3.65. The Morgan fingerprint density at radius 1 is 1.16 bits per heavy atom. The molecular formula is C19H18ClN3OS. The van der Waals surface area contributed by atoms with E-state index >= 15 is 0 Å². The summed E-state index contributed by atoms with van der Waals surface area (Å²) < 4.78 is 2.03. The molecule has 2 aromatic carbocycles. The summed E-state index contributed by atoms with van der Waals surface area (Å²) in [5.41, 5.74) is 1.78. The summed E-state index contributed by atoms with van der Waals surface area (Å²) >= 11 is 7.40. The molecule has 128 valence electrons. The van der Waals surface area contributed by atoms with E-state index in [4.69, 9.17) is 11.6 Å². The van der Waals surface area contributed by atoms with Gasteiger partial charge >= 0.3 is 0 Å². The minimum Gasteiger partial charge on any atom is -0.302 e. The number of ketones is 1. The lowest BCUT2D eigenvalue weighted by molar-refractivity contribution is 0.0994. The lowest BCUT2D eigenvalue weighted by Gasteiger charge is -2.12. The summed E-state index contributed by atoms with van der Waals surface area (Å²) in [6.45, 7) is 4.48.